The summed E-state index contributed by atoms with van der Waals surface area (Å²) >= 11 is 5.80. The highest BCUT2D eigenvalue weighted by atomic mass is 35.5. The number of aryl methyl sites for hydroxylation is 1. The molecule has 11 heteroatoms. The van der Waals surface area contributed by atoms with Crippen LogP contribution in [0.1, 0.15) is 6.92 Å². The van der Waals surface area contributed by atoms with Crippen LogP contribution in [0.3, 0.4) is 0 Å². The molecule has 1 heterocycles. The molecule has 1 amide bonds. The van der Waals surface area contributed by atoms with E-state index in [0.717, 1.165) is 4.57 Å². The number of nitrogens with one attached hydrogen (secondary N) is 2. The van der Waals surface area contributed by atoms with E-state index in [1.807, 2.05) is 0 Å². The molecule has 0 fully saturated rings. The Kier molecular flexibility index (Phi) is 5.84. The fourth-order valence-corrected chi connectivity index (χ4v) is 4.23. The summed E-state index contributed by atoms with van der Waals surface area (Å²) in [6.07, 6.45) is 0. The first kappa shape index (κ1) is 21.8. The zero-order valence-corrected chi connectivity index (χ0v) is 17.9. The van der Waals surface area contributed by atoms with Crippen molar-refractivity contribution in [2.45, 2.75) is 17.9 Å². The van der Waals surface area contributed by atoms with E-state index in [1.165, 1.54) is 43.8 Å². The van der Waals surface area contributed by atoms with Crippen LogP contribution in [0.2, 0.25) is 5.02 Å². The van der Waals surface area contributed by atoms with Crippen LogP contribution in [-0.2, 0) is 28.9 Å². The molecule has 158 valence electrons. The number of anilines is 1. The fourth-order valence-electron chi connectivity index (χ4n) is 2.88. The summed E-state index contributed by atoms with van der Waals surface area (Å²) in [5.74, 6) is -0.569. The smallest absolute Gasteiger partial charge is 0.325 e. The molecule has 0 spiro atoms. The maximum Gasteiger partial charge on any atom is 0.330 e. The van der Waals surface area contributed by atoms with E-state index in [9.17, 15) is 22.8 Å². The maximum atomic E-state index is 12.7. The van der Waals surface area contributed by atoms with Crippen molar-refractivity contribution in [3.8, 4) is 0 Å². The van der Waals surface area contributed by atoms with Gasteiger partial charge in [0, 0.05) is 24.8 Å². The van der Waals surface area contributed by atoms with Gasteiger partial charge in [-0.1, -0.05) is 11.6 Å². The van der Waals surface area contributed by atoms with Crippen LogP contribution < -0.4 is 21.3 Å². The zero-order valence-electron chi connectivity index (χ0n) is 16.3. The number of hydrogen-bond donors (Lipinski definition) is 2. The summed E-state index contributed by atoms with van der Waals surface area (Å²) < 4.78 is 29.9. The second kappa shape index (κ2) is 8.05. The number of carbonyl (C=O) groups excluding carboxylic acids is 1. The average molecular weight is 451 g/mol. The van der Waals surface area contributed by atoms with Crippen molar-refractivity contribution in [1.29, 1.82) is 0 Å². The molecule has 3 rings (SSSR count). The molecule has 2 N–H and O–H groups in total. The highest BCUT2D eigenvalue weighted by Crippen LogP contribution is 2.17. The van der Waals surface area contributed by atoms with E-state index in [0.29, 0.717) is 16.2 Å². The van der Waals surface area contributed by atoms with Crippen LogP contribution in [0.4, 0.5) is 5.69 Å². The molecule has 30 heavy (non-hydrogen) atoms. The number of fused-ring (bicyclic) bond motifs is 1. The predicted molar refractivity (Wildman–Crippen MR) is 114 cm³/mol. The fraction of sp³-hybridized carbons (Fsp3) is 0.211. The molecule has 0 aliphatic rings. The van der Waals surface area contributed by atoms with Crippen molar-refractivity contribution in [3.63, 3.8) is 0 Å². The van der Waals surface area contributed by atoms with Gasteiger partial charge in [0.2, 0.25) is 15.9 Å². The maximum absolute atomic E-state index is 12.7. The highest BCUT2D eigenvalue weighted by Gasteiger charge is 2.23. The Labute approximate surface area is 177 Å². The number of hydrogen-bond acceptors (Lipinski definition) is 5. The van der Waals surface area contributed by atoms with Gasteiger partial charge in [0.15, 0.2) is 0 Å². The van der Waals surface area contributed by atoms with E-state index < -0.39 is 33.2 Å². The monoisotopic (exact) mass is 450 g/mol. The summed E-state index contributed by atoms with van der Waals surface area (Å²) in [6.45, 7) is 1.40. The molecule has 0 bridgehead atoms. The Morgan fingerprint density at radius 2 is 1.67 bits per heavy atom. The van der Waals surface area contributed by atoms with Crippen molar-refractivity contribution in [3.05, 3.63) is 68.3 Å². The minimum Gasteiger partial charge on any atom is -0.325 e. The van der Waals surface area contributed by atoms with Crippen molar-refractivity contribution in [1.82, 2.24) is 13.9 Å². The Balaban J connectivity index is 1.88. The lowest BCUT2D eigenvalue weighted by Gasteiger charge is -2.15. The van der Waals surface area contributed by atoms with Crippen LogP contribution >= 0.6 is 11.6 Å². The molecule has 1 aromatic heterocycles. The van der Waals surface area contributed by atoms with Crippen LogP contribution in [-0.4, -0.2) is 29.5 Å². The van der Waals surface area contributed by atoms with E-state index in [1.54, 1.807) is 24.3 Å². The number of carbonyl (C=O) groups is 1. The standard InChI is InChI=1S/C19H19ClN4O5S/c1-11(17(25)21-13-6-4-12(20)5-7-13)22-30(28,29)14-8-9-16-15(10-14)18(26)24(3)19(27)23(16)2/h4-11,22H,1-3H3,(H,21,25)/t11-/m0/s1. The first-order valence-corrected chi connectivity index (χ1v) is 10.7. The number of sulfonamides is 1. The molecule has 0 unspecified atom stereocenters. The average Bonchev–Trinajstić information content (AvgIpc) is 2.71. The lowest BCUT2D eigenvalue weighted by Crippen LogP contribution is -2.41. The number of amides is 1. The number of benzene rings is 2. The van der Waals surface area contributed by atoms with Crippen molar-refractivity contribution >= 4 is 44.1 Å². The first-order chi connectivity index (χ1) is 14.0. The molecule has 0 saturated carbocycles. The highest BCUT2D eigenvalue weighted by molar-refractivity contribution is 7.89. The zero-order chi connectivity index (χ0) is 22.2. The number of aromatic nitrogens is 2. The SMILES string of the molecule is C[C@H](NS(=O)(=O)c1ccc2c(c1)c(=O)n(C)c(=O)n2C)C(=O)Nc1ccc(Cl)cc1. The second-order valence-corrected chi connectivity index (χ2v) is 8.87. The number of rotatable bonds is 5. The molecule has 9 nitrogen and oxygen atoms in total. The third-order valence-electron chi connectivity index (χ3n) is 4.59. The van der Waals surface area contributed by atoms with Gasteiger partial charge in [-0.2, -0.15) is 4.72 Å². The van der Waals surface area contributed by atoms with Gasteiger partial charge in [0.1, 0.15) is 0 Å². The van der Waals surface area contributed by atoms with Crippen LogP contribution in [0, 0.1) is 0 Å². The van der Waals surface area contributed by atoms with E-state index >= 15 is 0 Å². The summed E-state index contributed by atoms with van der Waals surface area (Å²) in [5.41, 5.74) is -0.367. The minimum atomic E-state index is -4.12. The molecular weight excluding hydrogens is 432 g/mol. The Bertz CT molecular complexity index is 1360. The molecule has 2 aromatic carbocycles. The lowest BCUT2D eigenvalue weighted by molar-refractivity contribution is -0.117. The molecular formula is C19H19ClN4O5S. The second-order valence-electron chi connectivity index (χ2n) is 6.72. The number of halogens is 1. The van der Waals surface area contributed by atoms with Crippen molar-refractivity contribution < 1.29 is 13.2 Å². The summed E-state index contributed by atoms with van der Waals surface area (Å²) in [5, 5.41) is 3.16. The van der Waals surface area contributed by atoms with Gasteiger partial charge in [-0.05, 0) is 49.4 Å². The largest absolute Gasteiger partial charge is 0.330 e. The molecule has 0 aliphatic heterocycles. The van der Waals surface area contributed by atoms with Crippen LogP contribution in [0.5, 0.6) is 0 Å². The molecule has 0 radical (unpaired) electrons. The van der Waals surface area contributed by atoms with Crippen molar-refractivity contribution in [2.75, 3.05) is 5.32 Å². The number of nitrogens with zero attached hydrogens (tertiary/aromatic N) is 2. The molecule has 3 aromatic rings. The van der Waals surface area contributed by atoms with Gasteiger partial charge in [0.25, 0.3) is 5.56 Å². The van der Waals surface area contributed by atoms with Gasteiger partial charge < -0.3 is 5.32 Å². The lowest BCUT2D eigenvalue weighted by atomic mass is 10.2. The third-order valence-corrected chi connectivity index (χ3v) is 6.38. The summed E-state index contributed by atoms with van der Waals surface area (Å²) in [7, 11) is -1.32. The van der Waals surface area contributed by atoms with Gasteiger partial charge in [-0.3, -0.25) is 18.7 Å². The summed E-state index contributed by atoms with van der Waals surface area (Å²) in [4.78, 5) is 36.6. The van der Waals surface area contributed by atoms with E-state index in [2.05, 4.69) is 10.0 Å². The topological polar surface area (TPSA) is 119 Å². The predicted octanol–water partition coefficient (Wildman–Crippen LogP) is 1.20. The quantitative estimate of drug-likeness (QED) is 0.605. The van der Waals surface area contributed by atoms with E-state index in [-0.39, 0.29) is 10.3 Å². The van der Waals surface area contributed by atoms with Crippen LogP contribution in [0.15, 0.2) is 56.9 Å². The van der Waals surface area contributed by atoms with Gasteiger partial charge >= 0.3 is 5.69 Å². The Hall–Kier alpha value is -2.95. The minimum absolute atomic E-state index is 0.0701. The van der Waals surface area contributed by atoms with Crippen LogP contribution in [0.25, 0.3) is 10.9 Å². The normalized spacial score (nSPS) is 12.7. The third kappa shape index (κ3) is 4.16. The molecule has 0 saturated heterocycles. The molecule has 0 aliphatic carbocycles. The Morgan fingerprint density at radius 3 is 2.30 bits per heavy atom. The Morgan fingerprint density at radius 1 is 1.03 bits per heavy atom. The first-order valence-electron chi connectivity index (χ1n) is 8.80. The van der Waals surface area contributed by atoms with Gasteiger partial charge in [-0.25, -0.2) is 13.2 Å². The molecule has 1 atom stereocenters. The van der Waals surface area contributed by atoms with Crippen molar-refractivity contribution in [2.24, 2.45) is 14.1 Å². The van der Waals surface area contributed by atoms with Gasteiger partial charge in [-0.15, -0.1) is 0 Å². The summed E-state index contributed by atoms with van der Waals surface area (Å²) in [6, 6.07) is 9.10. The van der Waals surface area contributed by atoms with Gasteiger partial charge in [0.05, 0.1) is 21.8 Å². The van der Waals surface area contributed by atoms with E-state index in [4.69, 9.17) is 11.6 Å².